The van der Waals surface area contributed by atoms with Crippen LogP contribution in [0.2, 0.25) is 0 Å². The third kappa shape index (κ3) is 3.42. The molecule has 0 aliphatic carbocycles. The van der Waals surface area contributed by atoms with Crippen LogP contribution in [-0.2, 0) is 0 Å². The van der Waals surface area contributed by atoms with Gasteiger partial charge in [0.25, 0.3) is 5.91 Å². The second kappa shape index (κ2) is 5.63. The van der Waals surface area contributed by atoms with E-state index in [1.165, 1.54) is 6.20 Å². The van der Waals surface area contributed by atoms with Crippen molar-refractivity contribution in [3.05, 3.63) is 23.5 Å². The van der Waals surface area contributed by atoms with Crippen LogP contribution < -0.4 is 11.1 Å². The van der Waals surface area contributed by atoms with Crippen LogP contribution in [0.15, 0.2) is 12.3 Å². The predicted molar refractivity (Wildman–Crippen MR) is 66.6 cm³/mol. The Labute approximate surface area is 101 Å². The molecule has 0 saturated carbocycles. The zero-order chi connectivity index (χ0) is 13.0. The summed E-state index contributed by atoms with van der Waals surface area (Å²) in [6.07, 6.45) is 1.51. The standard InChI is InChI=1S/C12H19N3O2/c1-7(2)11(6-16)15-12(17)10-4-9(13)5-14-8(10)3/h4-5,7,11,16H,6,13H2,1-3H3,(H,15,17). The lowest BCUT2D eigenvalue weighted by molar-refractivity contribution is 0.0896. The molecule has 17 heavy (non-hydrogen) atoms. The van der Waals surface area contributed by atoms with Crippen LogP contribution in [0, 0.1) is 12.8 Å². The molecule has 1 amide bonds. The SMILES string of the molecule is Cc1ncc(N)cc1C(=O)NC(CO)C(C)C. The van der Waals surface area contributed by atoms with Crippen molar-refractivity contribution in [2.75, 3.05) is 12.3 Å². The number of carbonyl (C=O) groups excluding carboxylic acids is 1. The summed E-state index contributed by atoms with van der Waals surface area (Å²) in [7, 11) is 0. The van der Waals surface area contributed by atoms with Gasteiger partial charge in [0.15, 0.2) is 0 Å². The second-order valence-electron chi connectivity index (χ2n) is 4.41. The van der Waals surface area contributed by atoms with Crippen LogP contribution in [0.3, 0.4) is 0 Å². The lowest BCUT2D eigenvalue weighted by Crippen LogP contribution is -2.41. The van der Waals surface area contributed by atoms with E-state index >= 15 is 0 Å². The first-order chi connectivity index (χ1) is 7.95. The summed E-state index contributed by atoms with van der Waals surface area (Å²) in [6, 6.07) is 1.33. The number of aromatic nitrogens is 1. The summed E-state index contributed by atoms with van der Waals surface area (Å²) in [5.41, 5.74) is 7.12. The largest absolute Gasteiger partial charge is 0.397 e. The van der Waals surface area contributed by atoms with E-state index in [0.29, 0.717) is 16.9 Å². The van der Waals surface area contributed by atoms with Gasteiger partial charge < -0.3 is 16.2 Å². The number of hydrogen-bond acceptors (Lipinski definition) is 4. The van der Waals surface area contributed by atoms with Crippen LogP contribution in [0.25, 0.3) is 0 Å². The van der Waals surface area contributed by atoms with E-state index in [4.69, 9.17) is 10.8 Å². The van der Waals surface area contributed by atoms with Gasteiger partial charge in [-0.25, -0.2) is 0 Å². The van der Waals surface area contributed by atoms with Gasteiger partial charge in [-0.15, -0.1) is 0 Å². The average Bonchev–Trinajstić information content (AvgIpc) is 2.28. The smallest absolute Gasteiger partial charge is 0.253 e. The van der Waals surface area contributed by atoms with Crippen molar-refractivity contribution in [2.24, 2.45) is 5.92 Å². The van der Waals surface area contributed by atoms with Crippen molar-refractivity contribution in [2.45, 2.75) is 26.8 Å². The molecule has 94 valence electrons. The van der Waals surface area contributed by atoms with Gasteiger partial charge in [-0.1, -0.05) is 13.8 Å². The van der Waals surface area contributed by atoms with Gasteiger partial charge in [-0.05, 0) is 18.9 Å². The highest BCUT2D eigenvalue weighted by Crippen LogP contribution is 2.10. The topological polar surface area (TPSA) is 88.2 Å². The number of aliphatic hydroxyl groups excluding tert-OH is 1. The number of nitrogens with two attached hydrogens (primary N) is 1. The number of anilines is 1. The van der Waals surface area contributed by atoms with Gasteiger partial charge in [0.1, 0.15) is 0 Å². The maximum absolute atomic E-state index is 12.0. The normalized spacial score (nSPS) is 12.5. The number of aryl methyl sites for hydroxylation is 1. The van der Waals surface area contributed by atoms with Gasteiger partial charge >= 0.3 is 0 Å². The molecule has 0 aliphatic rings. The molecule has 0 saturated heterocycles. The van der Waals surface area contributed by atoms with Crippen LogP contribution in [0.5, 0.6) is 0 Å². The summed E-state index contributed by atoms with van der Waals surface area (Å²) < 4.78 is 0. The molecule has 1 heterocycles. The van der Waals surface area contributed by atoms with E-state index in [1.807, 2.05) is 13.8 Å². The van der Waals surface area contributed by atoms with E-state index < -0.39 is 0 Å². The van der Waals surface area contributed by atoms with E-state index in [1.54, 1.807) is 13.0 Å². The first-order valence-electron chi connectivity index (χ1n) is 5.59. The van der Waals surface area contributed by atoms with Crippen molar-refractivity contribution < 1.29 is 9.90 Å². The molecule has 1 aromatic rings. The number of pyridine rings is 1. The molecule has 0 spiro atoms. The lowest BCUT2D eigenvalue weighted by Gasteiger charge is -2.20. The molecule has 4 N–H and O–H groups in total. The monoisotopic (exact) mass is 237 g/mol. The maximum atomic E-state index is 12.0. The molecule has 0 aromatic carbocycles. The number of aliphatic hydroxyl groups is 1. The first-order valence-corrected chi connectivity index (χ1v) is 5.59. The number of nitrogens with one attached hydrogen (secondary N) is 1. The minimum Gasteiger partial charge on any atom is -0.397 e. The number of carbonyl (C=O) groups is 1. The fourth-order valence-corrected chi connectivity index (χ4v) is 1.45. The maximum Gasteiger partial charge on any atom is 0.253 e. The van der Waals surface area contributed by atoms with Crippen molar-refractivity contribution in [3.8, 4) is 0 Å². The van der Waals surface area contributed by atoms with Gasteiger partial charge in [-0.2, -0.15) is 0 Å². The van der Waals surface area contributed by atoms with Crippen molar-refractivity contribution in [3.63, 3.8) is 0 Å². The van der Waals surface area contributed by atoms with Crippen LogP contribution >= 0.6 is 0 Å². The Hall–Kier alpha value is -1.62. The molecule has 0 bridgehead atoms. The molecule has 0 radical (unpaired) electrons. The fourth-order valence-electron chi connectivity index (χ4n) is 1.45. The Balaban J connectivity index is 2.86. The van der Waals surface area contributed by atoms with Gasteiger partial charge in [0.05, 0.1) is 35.8 Å². The van der Waals surface area contributed by atoms with Crippen LogP contribution in [-0.4, -0.2) is 28.6 Å². The zero-order valence-corrected chi connectivity index (χ0v) is 10.4. The molecular formula is C12H19N3O2. The number of amides is 1. The summed E-state index contributed by atoms with van der Waals surface area (Å²) in [4.78, 5) is 16.0. The molecule has 0 fully saturated rings. The Morgan fingerprint density at radius 1 is 1.59 bits per heavy atom. The average molecular weight is 237 g/mol. The van der Waals surface area contributed by atoms with Crippen molar-refractivity contribution in [1.82, 2.24) is 10.3 Å². The van der Waals surface area contributed by atoms with E-state index in [-0.39, 0.29) is 24.5 Å². The third-order valence-electron chi connectivity index (χ3n) is 2.67. The highest BCUT2D eigenvalue weighted by atomic mass is 16.3. The number of nitrogens with zero attached hydrogens (tertiary/aromatic N) is 1. The molecule has 1 atom stereocenters. The number of rotatable bonds is 4. The molecule has 5 nitrogen and oxygen atoms in total. The molecule has 1 rings (SSSR count). The zero-order valence-electron chi connectivity index (χ0n) is 10.4. The third-order valence-corrected chi connectivity index (χ3v) is 2.67. The van der Waals surface area contributed by atoms with Crippen LogP contribution in [0.1, 0.15) is 29.9 Å². The van der Waals surface area contributed by atoms with Crippen LogP contribution in [0.4, 0.5) is 5.69 Å². The minimum absolute atomic E-state index is 0.0851. The van der Waals surface area contributed by atoms with Gasteiger partial charge in [0.2, 0.25) is 0 Å². The Morgan fingerprint density at radius 2 is 2.24 bits per heavy atom. The van der Waals surface area contributed by atoms with E-state index in [2.05, 4.69) is 10.3 Å². The van der Waals surface area contributed by atoms with Gasteiger partial charge in [0, 0.05) is 0 Å². The Bertz CT molecular complexity index is 405. The Kier molecular flexibility index (Phi) is 4.45. The lowest BCUT2D eigenvalue weighted by atomic mass is 10.0. The van der Waals surface area contributed by atoms with E-state index in [0.717, 1.165) is 0 Å². The number of nitrogen functional groups attached to an aromatic ring is 1. The molecule has 0 aliphatic heterocycles. The molecule has 1 aromatic heterocycles. The minimum atomic E-state index is -0.261. The highest BCUT2D eigenvalue weighted by Gasteiger charge is 2.17. The second-order valence-corrected chi connectivity index (χ2v) is 4.41. The van der Waals surface area contributed by atoms with E-state index in [9.17, 15) is 4.79 Å². The Morgan fingerprint density at radius 3 is 2.76 bits per heavy atom. The quantitative estimate of drug-likeness (QED) is 0.720. The number of hydrogen-bond donors (Lipinski definition) is 3. The molecular weight excluding hydrogens is 218 g/mol. The summed E-state index contributed by atoms with van der Waals surface area (Å²) in [6.45, 7) is 5.53. The summed E-state index contributed by atoms with van der Waals surface area (Å²) in [5.74, 6) is -0.0895. The highest BCUT2D eigenvalue weighted by molar-refractivity contribution is 5.96. The van der Waals surface area contributed by atoms with Gasteiger partial charge in [-0.3, -0.25) is 9.78 Å². The summed E-state index contributed by atoms with van der Waals surface area (Å²) >= 11 is 0. The van der Waals surface area contributed by atoms with Crippen molar-refractivity contribution in [1.29, 1.82) is 0 Å². The molecule has 1 unspecified atom stereocenters. The first kappa shape index (κ1) is 13.4. The molecule has 5 heteroatoms. The predicted octanol–water partition coefficient (Wildman–Crippen LogP) is 0.719. The summed E-state index contributed by atoms with van der Waals surface area (Å²) in [5, 5.41) is 11.9. The van der Waals surface area contributed by atoms with Crippen molar-refractivity contribution >= 4 is 11.6 Å². The fraction of sp³-hybridized carbons (Fsp3) is 0.500.